The molecule has 3 nitrogen and oxygen atoms in total. The molecule has 0 saturated carbocycles. The number of para-hydroxylation sites is 1. The molecule has 0 aliphatic rings. The molecule has 1 aromatic carbocycles. The number of ketones is 1. The van der Waals surface area contributed by atoms with Gasteiger partial charge in [-0.2, -0.15) is 0 Å². The predicted molar refractivity (Wildman–Crippen MR) is 111 cm³/mol. The normalized spacial score (nSPS) is 8.52. The zero-order chi connectivity index (χ0) is 20.1. The summed E-state index contributed by atoms with van der Waals surface area (Å²) in [5, 5.41) is 0. The lowest BCUT2D eigenvalue weighted by Crippen LogP contribution is -1.94. The zero-order valence-corrected chi connectivity index (χ0v) is 18.2. The molecule has 25 heavy (non-hydrogen) atoms. The van der Waals surface area contributed by atoms with Crippen molar-refractivity contribution in [2.24, 2.45) is 0 Å². The summed E-state index contributed by atoms with van der Waals surface area (Å²) in [6.45, 7) is 14.3. The van der Waals surface area contributed by atoms with Gasteiger partial charge in [-0.1, -0.05) is 79.9 Å². The first-order chi connectivity index (χ1) is 12.1. The standard InChI is InChI=1S/C10H14O2.C5H10O.C5H12.C2H6/c1-4-8-6-5-7-9(11-2)10(8)12-3;1-3-5(6)4-2;1-3-5-4-2;1-2/h5-7H,4H2,1-3H3;3-4H2,1-2H3;3-5H2,1-2H3;1-2H3. The lowest BCUT2D eigenvalue weighted by atomic mass is 10.1. The lowest BCUT2D eigenvalue weighted by molar-refractivity contribution is -0.118. The van der Waals surface area contributed by atoms with Crippen LogP contribution in [-0.4, -0.2) is 20.0 Å². The number of hydrogen-bond donors (Lipinski definition) is 0. The molecule has 0 aliphatic carbocycles. The van der Waals surface area contributed by atoms with Crippen LogP contribution >= 0.6 is 0 Å². The second kappa shape index (κ2) is 22.5. The summed E-state index contributed by atoms with van der Waals surface area (Å²) in [7, 11) is 3.31. The van der Waals surface area contributed by atoms with Crippen molar-refractivity contribution in [1.82, 2.24) is 0 Å². The van der Waals surface area contributed by atoms with Gasteiger partial charge in [-0.15, -0.1) is 0 Å². The molecule has 3 heteroatoms. The van der Waals surface area contributed by atoms with E-state index in [1.54, 1.807) is 14.2 Å². The Labute approximate surface area is 157 Å². The summed E-state index contributed by atoms with van der Waals surface area (Å²) < 4.78 is 10.4. The van der Waals surface area contributed by atoms with Crippen LogP contribution in [0.3, 0.4) is 0 Å². The average molecular weight is 355 g/mol. The van der Waals surface area contributed by atoms with Gasteiger partial charge < -0.3 is 9.47 Å². The summed E-state index contributed by atoms with van der Waals surface area (Å²) >= 11 is 0. The third-order valence-corrected chi connectivity index (χ3v) is 3.36. The summed E-state index contributed by atoms with van der Waals surface area (Å²) in [4.78, 5) is 10.2. The zero-order valence-electron chi connectivity index (χ0n) is 18.2. The van der Waals surface area contributed by atoms with E-state index in [0.717, 1.165) is 17.9 Å². The monoisotopic (exact) mass is 354 g/mol. The topological polar surface area (TPSA) is 35.5 Å². The molecule has 148 valence electrons. The molecule has 0 saturated heterocycles. The summed E-state index contributed by atoms with van der Waals surface area (Å²) in [6, 6.07) is 5.92. The van der Waals surface area contributed by atoms with Crippen molar-refractivity contribution in [3.8, 4) is 11.5 Å². The minimum atomic E-state index is 0.343. The van der Waals surface area contributed by atoms with Crippen molar-refractivity contribution in [3.05, 3.63) is 23.8 Å². The molecule has 0 atom stereocenters. The number of ether oxygens (including phenoxy) is 2. The van der Waals surface area contributed by atoms with Crippen LogP contribution in [0.4, 0.5) is 0 Å². The quantitative estimate of drug-likeness (QED) is 0.536. The predicted octanol–water partition coefficient (Wildman–Crippen LogP) is 6.86. The van der Waals surface area contributed by atoms with E-state index in [1.807, 2.05) is 45.9 Å². The average Bonchev–Trinajstić information content (AvgIpc) is 2.69. The van der Waals surface area contributed by atoms with E-state index < -0.39 is 0 Å². The van der Waals surface area contributed by atoms with Gasteiger partial charge in [0.2, 0.25) is 0 Å². The van der Waals surface area contributed by atoms with Gasteiger partial charge in [0.25, 0.3) is 0 Å². The fourth-order valence-corrected chi connectivity index (χ4v) is 1.84. The first-order valence-electron chi connectivity index (χ1n) is 9.77. The molecule has 1 rings (SSSR count). The van der Waals surface area contributed by atoms with Crippen LogP contribution in [0.15, 0.2) is 18.2 Å². The van der Waals surface area contributed by atoms with Crippen LogP contribution in [0.5, 0.6) is 11.5 Å². The van der Waals surface area contributed by atoms with Crippen LogP contribution in [-0.2, 0) is 11.2 Å². The fourth-order valence-electron chi connectivity index (χ4n) is 1.84. The molecule has 0 N–H and O–H groups in total. The molecule has 0 unspecified atom stereocenters. The number of benzene rings is 1. The third-order valence-electron chi connectivity index (χ3n) is 3.36. The van der Waals surface area contributed by atoms with E-state index in [-0.39, 0.29) is 0 Å². The Balaban J connectivity index is -0.000000315. The highest BCUT2D eigenvalue weighted by atomic mass is 16.5. The minimum absolute atomic E-state index is 0.343. The Morgan fingerprint density at radius 2 is 1.40 bits per heavy atom. The van der Waals surface area contributed by atoms with E-state index >= 15 is 0 Å². The molecular weight excluding hydrogens is 312 g/mol. The molecule has 0 fully saturated rings. The van der Waals surface area contributed by atoms with E-state index in [9.17, 15) is 4.79 Å². The van der Waals surface area contributed by atoms with Crippen molar-refractivity contribution in [2.75, 3.05) is 14.2 Å². The van der Waals surface area contributed by atoms with Gasteiger partial charge in [-0.3, -0.25) is 4.79 Å². The van der Waals surface area contributed by atoms with Gasteiger partial charge in [0, 0.05) is 12.8 Å². The largest absolute Gasteiger partial charge is 0.493 e. The summed E-state index contributed by atoms with van der Waals surface area (Å²) in [5.41, 5.74) is 1.18. The molecule has 1 aromatic rings. The Kier molecular flexibility index (Phi) is 25.5. The number of rotatable bonds is 7. The number of carbonyl (C=O) groups is 1. The Bertz CT molecular complexity index is 370. The van der Waals surface area contributed by atoms with Crippen molar-refractivity contribution in [2.45, 2.75) is 87.0 Å². The molecule has 0 bridgehead atoms. The molecule has 0 radical (unpaired) electrons. The maximum absolute atomic E-state index is 10.2. The minimum Gasteiger partial charge on any atom is -0.493 e. The van der Waals surface area contributed by atoms with Gasteiger partial charge in [0.15, 0.2) is 11.5 Å². The van der Waals surface area contributed by atoms with E-state index in [1.165, 1.54) is 24.8 Å². The number of methoxy groups -OCH3 is 2. The van der Waals surface area contributed by atoms with E-state index in [0.29, 0.717) is 18.6 Å². The maximum Gasteiger partial charge on any atom is 0.163 e. The van der Waals surface area contributed by atoms with Gasteiger partial charge in [0.05, 0.1) is 14.2 Å². The van der Waals surface area contributed by atoms with Crippen LogP contribution in [0.2, 0.25) is 0 Å². The Morgan fingerprint density at radius 3 is 1.64 bits per heavy atom. The van der Waals surface area contributed by atoms with Crippen LogP contribution in [0, 0.1) is 0 Å². The smallest absolute Gasteiger partial charge is 0.163 e. The van der Waals surface area contributed by atoms with Crippen molar-refractivity contribution >= 4 is 5.78 Å². The Hall–Kier alpha value is -1.51. The third kappa shape index (κ3) is 15.7. The van der Waals surface area contributed by atoms with E-state index in [2.05, 4.69) is 20.8 Å². The van der Waals surface area contributed by atoms with Crippen LogP contribution in [0.1, 0.15) is 86.1 Å². The second-order valence-electron chi connectivity index (χ2n) is 5.11. The maximum atomic E-state index is 10.2. The first-order valence-corrected chi connectivity index (χ1v) is 9.77. The van der Waals surface area contributed by atoms with Gasteiger partial charge >= 0.3 is 0 Å². The van der Waals surface area contributed by atoms with Crippen molar-refractivity contribution in [3.63, 3.8) is 0 Å². The van der Waals surface area contributed by atoms with Gasteiger partial charge in [-0.05, 0) is 18.1 Å². The fraction of sp³-hybridized carbons (Fsp3) is 0.682. The Morgan fingerprint density at radius 1 is 0.880 bits per heavy atom. The van der Waals surface area contributed by atoms with Crippen LogP contribution < -0.4 is 9.47 Å². The molecule has 0 heterocycles. The number of hydrogen-bond acceptors (Lipinski definition) is 3. The van der Waals surface area contributed by atoms with Crippen LogP contribution in [0.25, 0.3) is 0 Å². The van der Waals surface area contributed by atoms with Crippen molar-refractivity contribution < 1.29 is 14.3 Å². The molecular formula is C22H42O3. The number of carbonyl (C=O) groups excluding carboxylic acids is 1. The summed E-state index contributed by atoms with van der Waals surface area (Å²) in [6.07, 6.45) is 6.42. The highest BCUT2D eigenvalue weighted by Gasteiger charge is 2.06. The second-order valence-corrected chi connectivity index (χ2v) is 5.11. The van der Waals surface area contributed by atoms with Crippen molar-refractivity contribution in [1.29, 1.82) is 0 Å². The number of Topliss-reactive ketones (excluding diaryl/α,β-unsaturated/α-hetero) is 1. The molecule has 0 amide bonds. The SMILES string of the molecule is CC.CCC(=O)CC.CCCCC.CCc1cccc(OC)c1OC. The highest BCUT2D eigenvalue weighted by molar-refractivity contribution is 5.77. The lowest BCUT2D eigenvalue weighted by Gasteiger charge is -2.10. The van der Waals surface area contributed by atoms with Gasteiger partial charge in [0.1, 0.15) is 5.78 Å². The van der Waals surface area contributed by atoms with Gasteiger partial charge in [-0.25, -0.2) is 0 Å². The first kappa shape index (κ1) is 28.3. The number of unbranched alkanes of at least 4 members (excludes halogenated alkanes) is 2. The number of aryl methyl sites for hydroxylation is 1. The molecule has 0 aliphatic heterocycles. The summed E-state index contributed by atoms with van der Waals surface area (Å²) in [5.74, 6) is 1.99. The van der Waals surface area contributed by atoms with E-state index in [4.69, 9.17) is 9.47 Å². The molecule has 0 spiro atoms. The molecule has 0 aromatic heterocycles. The highest BCUT2D eigenvalue weighted by Crippen LogP contribution is 2.30.